The molecule has 5 nitrogen and oxygen atoms in total. The summed E-state index contributed by atoms with van der Waals surface area (Å²) in [7, 11) is 3.45. The van der Waals surface area contributed by atoms with Crippen LogP contribution < -0.4 is 4.74 Å². The van der Waals surface area contributed by atoms with Crippen LogP contribution in [0.4, 0.5) is 0 Å². The molecular weight excluding hydrogens is 292 g/mol. The van der Waals surface area contributed by atoms with E-state index in [4.69, 9.17) is 4.74 Å². The lowest BCUT2D eigenvalue weighted by molar-refractivity contribution is -0.130. The highest BCUT2D eigenvalue weighted by atomic mass is 16.5. The van der Waals surface area contributed by atoms with Crippen LogP contribution in [0.2, 0.25) is 0 Å². The predicted molar refractivity (Wildman–Crippen MR) is 90.3 cm³/mol. The minimum atomic E-state index is -0.218. The van der Waals surface area contributed by atoms with Crippen molar-refractivity contribution in [3.05, 3.63) is 29.8 Å². The van der Waals surface area contributed by atoms with Crippen LogP contribution in [-0.4, -0.2) is 60.7 Å². The van der Waals surface area contributed by atoms with Gasteiger partial charge in [0.05, 0.1) is 6.10 Å². The Hall–Kier alpha value is -1.59. The first-order valence-electron chi connectivity index (χ1n) is 8.28. The smallest absolute Gasteiger partial charge is 0.259 e. The second-order valence-corrected chi connectivity index (χ2v) is 6.54. The molecule has 2 rings (SSSR count). The molecule has 0 aliphatic carbocycles. The zero-order valence-corrected chi connectivity index (χ0v) is 14.4. The summed E-state index contributed by atoms with van der Waals surface area (Å²) in [5.74, 6) is 1.15. The summed E-state index contributed by atoms with van der Waals surface area (Å²) in [6.45, 7) is 4.74. The summed E-state index contributed by atoms with van der Waals surface area (Å²) in [6, 6.07) is 7.90. The molecule has 0 spiro atoms. The second kappa shape index (κ2) is 8.31. The number of aliphatic hydroxyl groups excluding tert-OH is 1. The highest BCUT2D eigenvalue weighted by Crippen LogP contribution is 2.25. The third-order valence-electron chi connectivity index (χ3n) is 4.53. The van der Waals surface area contributed by atoms with Gasteiger partial charge in [-0.3, -0.25) is 9.69 Å². The Morgan fingerprint density at radius 2 is 2.00 bits per heavy atom. The standard InChI is InChI=1S/C18H28N2O3/c1-14(21)15-8-10-20(11-9-15)12-16-6-4-5-7-17(16)23-13-18(22)19(2)3/h4-7,14-15,21H,8-13H2,1-3H3. The number of para-hydroxylation sites is 1. The molecule has 0 radical (unpaired) electrons. The van der Waals surface area contributed by atoms with Crippen LogP contribution >= 0.6 is 0 Å². The molecule has 1 saturated heterocycles. The van der Waals surface area contributed by atoms with E-state index in [1.165, 1.54) is 4.90 Å². The Bertz CT molecular complexity index is 509. The largest absolute Gasteiger partial charge is 0.483 e. The van der Waals surface area contributed by atoms with Gasteiger partial charge in [0.2, 0.25) is 0 Å². The zero-order valence-electron chi connectivity index (χ0n) is 14.4. The van der Waals surface area contributed by atoms with Gasteiger partial charge in [0.25, 0.3) is 5.91 Å². The van der Waals surface area contributed by atoms with Crippen molar-refractivity contribution in [3.8, 4) is 5.75 Å². The highest BCUT2D eigenvalue weighted by Gasteiger charge is 2.23. The second-order valence-electron chi connectivity index (χ2n) is 6.54. The molecule has 1 aromatic carbocycles. The minimum absolute atomic E-state index is 0.0439. The molecule has 1 aliphatic rings. The lowest BCUT2D eigenvalue weighted by Gasteiger charge is -2.33. The van der Waals surface area contributed by atoms with E-state index in [1.54, 1.807) is 14.1 Å². The number of carbonyl (C=O) groups excluding carboxylic acids is 1. The maximum absolute atomic E-state index is 11.7. The van der Waals surface area contributed by atoms with E-state index in [9.17, 15) is 9.90 Å². The lowest BCUT2D eigenvalue weighted by atomic mass is 9.92. The Labute approximate surface area is 138 Å². The van der Waals surface area contributed by atoms with Gasteiger partial charge in [-0.2, -0.15) is 0 Å². The number of likely N-dealkylation sites (tertiary alicyclic amines) is 1. The molecule has 1 heterocycles. The molecule has 1 aliphatic heterocycles. The van der Waals surface area contributed by atoms with Crippen LogP contribution in [0.1, 0.15) is 25.3 Å². The number of nitrogens with zero attached hydrogens (tertiary/aromatic N) is 2. The fourth-order valence-corrected chi connectivity index (χ4v) is 2.88. The van der Waals surface area contributed by atoms with Crippen LogP contribution in [-0.2, 0) is 11.3 Å². The van der Waals surface area contributed by atoms with Gasteiger partial charge in [0, 0.05) is 26.2 Å². The van der Waals surface area contributed by atoms with E-state index in [2.05, 4.69) is 11.0 Å². The number of aliphatic hydroxyl groups is 1. The monoisotopic (exact) mass is 320 g/mol. The molecule has 1 atom stereocenters. The summed E-state index contributed by atoms with van der Waals surface area (Å²) in [5.41, 5.74) is 1.11. The third-order valence-corrected chi connectivity index (χ3v) is 4.53. The van der Waals surface area contributed by atoms with Crippen molar-refractivity contribution in [2.24, 2.45) is 5.92 Å². The van der Waals surface area contributed by atoms with Crippen LogP contribution in [0.25, 0.3) is 0 Å². The number of likely N-dealkylation sites (N-methyl/N-ethyl adjacent to an activating group) is 1. The summed E-state index contributed by atoms with van der Waals surface area (Å²) in [4.78, 5) is 15.6. The predicted octanol–water partition coefficient (Wildman–Crippen LogP) is 1.75. The Morgan fingerprint density at radius 3 is 2.61 bits per heavy atom. The van der Waals surface area contributed by atoms with Gasteiger partial charge in [-0.05, 0) is 44.8 Å². The number of amides is 1. The molecule has 128 valence electrons. The van der Waals surface area contributed by atoms with Gasteiger partial charge in [0.15, 0.2) is 6.61 Å². The Kier molecular flexibility index (Phi) is 6.42. The first kappa shape index (κ1) is 17.8. The average Bonchev–Trinajstić information content (AvgIpc) is 2.54. The van der Waals surface area contributed by atoms with E-state index < -0.39 is 0 Å². The zero-order chi connectivity index (χ0) is 16.8. The van der Waals surface area contributed by atoms with Crippen molar-refractivity contribution in [1.29, 1.82) is 0 Å². The van der Waals surface area contributed by atoms with Gasteiger partial charge in [0.1, 0.15) is 5.75 Å². The maximum Gasteiger partial charge on any atom is 0.259 e. The summed E-state index contributed by atoms with van der Waals surface area (Å²) < 4.78 is 5.70. The number of benzene rings is 1. The topological polar surface area (TPSA) is 53.0 Å². The van der Waals surface area contributed by atoms with Crippen LogP contribution in [0.5, 0.6) is 5.75 Å². The van der Waals surface area contributed by atoms with E-state index in [0.717, 1.165) is 43.8 Å². The summed E-state index contributed by atoms with van der Waals surface area (Å²) >= 11 is 0. The highest BCUT2D eigenvalue weighted by molar-refractivity contribution is 5.77. The van der Waals surface area contributed by atoms with Crippen molar-refractivity contribution in [2.75, 3.05) is 33.8 Å². The Morgan fingerprint density at radius 1 is 1.35 bits per heavy atom. The number of hydrogen-bond donors (Lipinski definition) is 1. The van der Waals surface area contributed by atoms with Crippen molar-refractivity contribution in [2.45, 2.75) is 32.4 Å². The quantitative estimate of drug-likeness (QED) is 0.867. The van der Waals surface area contributed by atoms with E-state index in [0.29, 0.717) is 5.92 Å². The number of hydrogen-bond acceptors (Lipinski definition) is 4. The molecule has 1 aromatic rings. The van der Waals surface area contributed by atoms with E-state index in [-0.39, 0.29) is 18.6 Å². The fourth-order valence-electron chi connectivity index (χ4n) is 2.88. The van der Waals surface area contributed by atoms with Gasteiger partial charge in [-0.15, -0.1) is 0 Å². The number of piperidine rings is 1. The fraction of sp³-hybridized carbons (Fsp3) is 0.611. The maximum atomic E-state index is 11.7. The van der Waals surface area contributed by atoms with Gasteiger partial charge >= 0.3 is 0 Å². The van der Waals surface area contributed by atoms with Crippen LogP contribution in [0.3, 0.4) is 0 Å². The molecule has 1 N–H and O–H groups in total. The average molecular weight is 320 g/mol. The SMILES string of the molecule is CC(O)C1CCN(Cc2ccccc2OCC(=O)N(C)C)CC1. The minimum Gasteiger partial charge on any atom is -0.483 e. The van der Waals surface area contributed by atoms with Crippen LogP contribution in [0.15, 0.2) is 24.3 Å². The summed E-state index contributed by atoms with van der Waals surface area (Å²) in [5, 5.41) is 9.69. The summed E-state index contributed by atoms with van der Waals surface area (Å²) in [6.07, 6.45) is 1.84. The molecule has 1 amide bonds. The molecule has 5 heteroatoms. The van der Waals surface area contributed by atoms with E-state index in [1.807, 2.05) is 25.1 Å². The molecule has 1 unspecified atom stereocenters. The first-order valence-corrected chi connectivity index (χ1v) is 8.28. The number of carbonyl (C=O) groups is 1. The van der Waals surface area contributed by atoms with Crippen LogP contribution in [0, 0.1) is 5.92 Å². The molecular formula is C18H28N2O3. The van der Waals surface area contributed by atoms with Crippen molar-refractivity contribution < 1.29 is 14.6 Å². The lowest BCUT2D eigenvalue weighted by Crippen LogP contribution is -2.36. The van der Waals surface area contributed by atoms with Crippen molar-refractivity contribution in [3.63, 3.8) is 0 Å². The molecule has 1 fully saturated rings. The number of ether oxygens (including phenoxy) is 1. The van der Waals surface area contributed by atoms with Gasteiger partial charge in [-0.1, -0.05) is 18.2 Å². The van der Waals surface area contributed by atoms with Gasteiger partial charge in [-0.25, -0.2) is 0 Å². The van der Waals surface area contributed by atoms with E-state index >= 15 is 0 Å². The third kappa shape index (κ3) is 5.22. The normalized spacial score (nSPS) is 17.7. The van der Waals surface area contributed by atoms with Crippen molar-refractivity contribution >= 4 is 5.91 Å². The number of rotatable bonds is 6. The molecule has 0 aromatic heterocycles. The van der Waals surface area contributed by atoms with Gasteiger partial charge < -0.3 is 14.7 Å². The molecule has 0 saturated carbocycles. The molecule has 0 bridgehead atoms. The first-order chi connectivity index (χ1) is 11.0. The Balaban J connectivity index is 1.92. The molecule has 23 heavy (non-hydrogen) atoms. The van der Waals surface area contributed by atoms with Crippen molar-refractivity contribution in [1.82, 2.24) is 9.80 Å².